The number of likely N-dealkylation sites (tertiary alicyclic amines) is 1. The molecule has 4 heteroatoms. The highest BCUT2D eigenvalue weighted by Crippen LogP contribution is 2.08. The zero-order chi connectivity index (χ0) is 9.80. The van der Waals surface area contributed by atoms with E-state index >= 15 is 0 Å². The Labute approximate surface area is 84.7 Å². The normalized spacial score (nSPS) is 20.1. The second-order valence-electron chi connectivity index (χ2n) is 3.99. The van der Waals surface area contributed by atoms with Crippen LogP contribution in [-0.2, 0) is 6.54 Å². The molecule has 0 saturated carbocycles. The van der Waals surface area contributed by atoms with Crippen molar-refractivity contribution in [2.75, 3.05) is 20.1 Å². The van der Waals surface area contributed by atoms with Gasteiger partial charge in [-0.3, -0.25) is 0 Å². The van der Waals surface area contributed by atoms with Gasteiger partial charge < -0.3 is 15.2 Å². The molecule has 1 aliphatic heterocycles. The lowest BCUT2D eigenvalue weighted by atomic mass is 10.1. The van der Waals surface area contributed by atoms with E-state index in [0.29, 0.717) is 6.04 Å². The highest BCUT2D eigenvalue weighted by molar-refractivity contribution is 4.87. The Balaban J connectivity index is 1.71. The second-order valence-corrected chi connectivity index (χ2v) is 3.99. The van der Waals surface area contributed by atoms with E-state index in [1.807, 2.05) is 6.20 Å². The number of hydrogen-bond donors (Lipinski definition) is 2. The maximum atomic E-state index is 4.19. The number of piperidine rings is 1. The summed E-state index contributed by atoms with van der Waals surface area (Å²) in [4.78, 5) is 9.67. The molecule has 0 radical (unpaired) electrons. The van der Waals surface area contributed by atoms with Crippen LogP contribution in [0.3, 0.4) is 0 Å². The van der Waals surface area contributed by atoms with Crippen molar-refractivity contribution < 1.29 is 0 Å². The molecule has 78 valence electrons. The van der Waals surface area contributed by atoms with E-state index in [-0.39, 0.29) is 0 Å². The van der Waals surface area contributed by atoms with E-state index in [1.165, 1.54) is 25.9 Å². The van der Waals surface area contributed by atoms with Gasteiger partial charge in [0.05, 0.1) is 6.54 Å². The molecule has 2 rings (SSSR count). The van der Waals surface area contributed by atoms with Crippen LogP contribution < -0.4 is 5.32 Å². The average molecular weight is 194 g/mol. The van der Waals surface area contributed by atoms with Gasteiger partial charge in [-0.25, -0.2) is 4.98 Å². The van der Waals surface area contributed by atoms with Gasteiger partial charge in [-0.05, 0) is 33.0 Å². The molecule has 0 aliphatic carbocycles. The molecular weight excluding hydrogens is 176 g/mol. The van der Waals surface area contributed by atoms with Crippen LogP contribution in [-0.4, -0.2) is 41.0 Å². The van der Waals surface area contributed by atoms with Crippen LogP contribution in [0.4, 0.5) is 0 Å². The fourth-order valence-corrected chi connectivity index (χ4v) is 1.85. The summed E-state index contributed by atoms with van der Waals surface area (Å²) in [5, 5.41) is 3.52. The van der Waals surface area contributed by atoms with Crippen LogP contribution in [0.25, 0.3) is 0 Å². The van der Waals surface area contributed by atoms with Crippen molar-refractivity contribution in [2.24, 2.45) is 0 Å². The molecular formula is C10H18N4. The maximum Gasteiger partial charge on any atom is 0.120 e. The van der Waals surface area contributed by atoms with Crippen molar-refractivity contribution >= 4 is 0 Å². The second kappa shape index (κ2) is 4.57. The third kappa shape index (κ3) is 2.56. The number of H-pyrrole nitrogens is 1. The maximum absolute atomic E-state index is 4.19. The number of nitrogens with zero attached hydrogens (tertiary/aromatic N) is 2. The Morgan fingerprint density at radius 2 is 2.36 bits per heavy atom. The molecule has 2 N–H and O–H groups in total. The molecule has 0 atom stereocenters. The van der Waals surface area contributed by atoms with Gasteiger partial charge in [-0.2, -0.15) is 0 Å². The van der Waals surface area contributed by atoms with Gasteiger partial charge in [0.15, 0.2) is 0 Å². The summed E-state index contributed by atoms with van der Waals surface area (Å²) in [6, 6.07) is 0.663. The zero-order valence-corrected chi connectivity index (χ0v) is 8.66. The summed E-state index contributed by atoms with van der Waals surface area (Å²) < 4.78 is 0. The van der Waals surface area contributed by atoms with Crippen LogP contribution in [0.15, 0.2) is 12.4 Å². The lowest BCUT2D eigenvalue weighted by Gasteiger charge is -2.29. The van der Waals surface area contributed by atoms with Gasteiger partial charge in [0.25, 0.3) is 0 Å². The first-order chi connectivity index (χ1) is 6.84. The lowest BCUT2D eigenvalue weighted by Crippen LogP contribution is -2.40. The minimum Gasteiger partial charge on any atom is -0.348 e. The standard InChI is InChI=1S/C10H18N4/c1-14-6-2-9(3-7-14)13-8-10-11-4-5-12-10/h4-5,9,13H,2-3,6-8H2,1H3,(H,11,12). The summed E-state index contributed by atoms with van der Waals surface area (Å²) in [6.45, 7) is 3.27. The first-order valence-corrected chi connectivity index (χ1v) is 5.25. The minimum atomic E-state index is 0.663. The minimum absolute atomic E-state index is 0.663. The van der Waals surface area contributed by atoms with Gasteiger partial charge in [-0.15, -0.1) is 0 Å². The number of aromatic nitrogens is 2. The molecule has 1 aromatic heterocycles. The highest BCUT2D eigenvalue weighted by atomic mass is 15.1. The van der Waals surface area contributed by atoms with Crippen molar-refractivity contribution in [3.63, 3.8) is 0 Å². The van der Waals surface area contributed by atoms with E-state index < -0.39 is 0 Å². The SMILES string of the molecule is CN1CCC(NCc2ncc[nH]2)CC1. The summed E-state index contributed by atoms with van der Waals surface area (Å²) in [5.74, 6) is 1.03. The predicted octanol–water partition coefficient (Wildman–Crippen LogP) is 0.593. The van der Waals surface area contributed by atoms with Crippen molar-refractivity contribution in [2.45, 2.75) is 25.4 Å². The van der Waals surface area contributed by atoms with Crippen LogP contribution in [0, 0.1) is 0 Å². The number of aromatic amines is 1. The lowest BCUT2D eigenvalue weighted by molar-refractivity contribution is 0.233. The average Bonchev–Trinajstić information content (AvgIpc) is 2.70. The molecule has 1 saturated heterocycles. The van der Waals surface area contributed by atoms with E-state index in [4.69, 9.17) is 0 Å². The molecule has 0 amide bonds. The van der Waals surface area contributed by atoms with Crippen molar-refractivity contribution in [1.82, 2.24) is 20.2 Å². The van der Waals surface area contributed by atoms with Crippen molar-refractivity contribution in [1.29, 1.82) is 0 Å². The molecule has 2 heterocycles. The van der Waals surface area contributed by atoms with Crippen LogP contribution in [0.2, 0.25) is 0 Å². The third-order valence-corrected chi connectivity index (χ3v) is 2.83. The molecule has 1 fully saturated rings. The number of hydrogen-bond acceptors (Lipinski definition) is 3. The smallest absolute Gasteiger partial charge is 0.120 e. The van der Waals surface area contributed by atoms with E-state index in [2.05, 4.69) is 27.2 Å². The van der Waals surface area contributed by atoms with Crippen molar-refractivity contribution in [3.05, 3.63) is 18.2 Å². The largest absolute Gasteiger partial charge is 0.348 e. The Morgan fingerprint density at radius 3 is 3.00 bits per heavy atom. The molecule has 1 aliphatic rings. The van der Waals surface area contributed by atoms with Gasteiger partial charge in [0.2, 0.25) is 0 Å². The first kappa shape index (κ1) is 9.68. The first-order valence-electron chi connectivity index (χ1n) is 5.25. The predicted molar refractivity (Wildman–Crippen MR) is 55.9 cm³/mol. The summed E-state index contributed by atoms with van der Waals surface area (Å²) in [7, 11) is 2.18. The summed E-state index contributed by atoms with van der Waals surface area (Å²) >= 11 is 0. The molecule has 14 heavy (non-hydrogen) atoms. The molecule has 1 aromatic rings. The quantitative estimate of drug-likeness (QED) is 0.740. The van der Waals surface area contributed by atoms with Gasteiger partial charge in [0, 0.05) is 18.4 Å². The number of nitrogens with one attached hydrogen (secondary N) is 2. The third-order valence-electron chi connectivity index (χ3n) is 2.83. The monoisotopic (exact) mass is 194 g/mol. The summed E-state index contributed by atoms with van der Waals surface area (Å²) in [5.41, 5.74) is 0. The number of imidazole rings is 1. The van der Waals surface area contributed by atoms with Crippen LogP contribution in [0.1, 0.15) is 18.7 Å². The molecule has 0 aromatic carbocycles. The van der Waals surface area contributed by atoms with Crippen LogP contribution >= 0.6 is 0 Å². The molecule has 0 spiro atoms. The fraction of sp³-hybridized carbons (Fsp3) is 0.700. The number of rotatable bonds is 3. The van der Waals surface area contributed by atoms with Gasteiger partial charge >= 0.3 is 0 Å². The van der Waals surface area contributed by atoms with Gasteiger partial charge in [0.1, 0.15) is 5.82 Å². The summed E-state index contributed by atoms with van der Waals surface area (Å²) in [6.07, 6.45) is 6.16. The van der Waals surface area contributed by atoms with E-state index in [0.717, 1.165) is 12.4 Å². The highest BCUT2D eigenvalue weighted by Gasteiger charge is 2.15. The Kier molecular flexibility index (Phi) is 3.16. The van der Waals surface area contributed by atoms with Crippen molar-refractivity contribution in [3.8, 4) is 0 Å². The fourth-order valence-electron chi connectivity index (χ4n) is 1.85. The Bertz CT molecular complexity index is 249. The topological polar surface area (TPSA) is 44.0 Å². The Morgan fingerprint density at radius 1 is 1.57 bits per heavy atom. The van der Waals surface area contributed by atoms with E-state index in [1.54, 1.807) is 6.20 Å². The van der Waals surface area contributed by atoms with Gasteiger partial charge in [-0.1, -0.05) is 0 Å². The van der Waals surface area contributed by atoms with E-state index in [9.17, 15) is 0 Å². The zero-order valence-electron chi connectivity index (χ0n) is 8.66. The molecule has 0 unspecified atom stereocenters. The van der Waals surface area contributed by atoms with Crippen LogP contribution in [0.5, 0.6) is 0 Å². The Hall–Kier alpha value is -0.870. The molecule has 4 nitrogen and oxygen atoms in total. The molecule has 0 bridgehead atoms.